The molecular weight excluding hydrogens is 295 g/mol. The molecular formula is C17H25FN4O. The maximum absolute atomic E-state index is 13.0. The number of rotatable bonds is 4. The molecule has 0 aromatic heterocycles. The summed E-state index contributed by atoms with van der Waals surface area (Å²) in [6, 6.07) is 6.71. The fourth-order valence-electron chi connectivity index (χ4n) is 2.79. The molecule has 2 rings (SSSR count). The van der Waals surface area contributed by atoms with Crippen LogP contribution in [0.3, 0.4) is 0 Å². The van der Waals surface area contributed by atoms with Gasteiger partial charge in [-0.25, -0.2) is 4.39 Å². The quantitative estimate of drug-likeness (QED) is 0.673. The molecule has 6 heteroatoms. The smallest absolute Gasteiger partial charge is 0.241 e. The van der Waals surface area contributed by atoms with Gasteiger partial charge in [0.2, 0.25) is 5.91 Å². The Hall–Kier alpha value is -2.11. The number of hydrogen-bond acceptors (Lipinski definition) is 2. The lowest BCUT2D eigenvalue weighted by atomic mass is 9.99. The molecule has 23 heavy (non-hydrogen) atoms. The van der Waals surface area contributed by atoms with Gasteiger partial charge in [-0.15, -0.1) is 0 Å². The van der Waals surface area contributed by atoms with Gasteiger partial charge in [0.25, 0.3) is 0 Å². The van der Waals surface area contributed by atoms with Crippen LogP contribution < -0.4 is 5.32 Å². The fourth-order valence-corrected chi connectivity index (χ4v) is 2.79. The zero-order valence-electron chi connectivity index (χ0n) is 14.1. The molecule has 1 aliphatic heterocycles. The highest BCUT2D eigenvalue weighted by Gasteiger charge is 2.25. The summed E-state index contributed by atoms with van der Waals surface area (Å²) >= 11 is 0. The molecule has 1 aromatic rings. The van der Waals surface area contributed by atoms with Crippen molar-refractivity contribution >= 4 is 11.9 Å². The van der Waals surface area contributed by atoms with Gasteiger partial charge >= 0.3 is 0 Å². The molecule has 1 amide bonds. The first kappa shape index (κ1) is 17.2. The number of likely N-dealkylation sites (N-methyl/N-ethyl adjacent to an activating group) is 1. The van der Waals surface area contributed by atoms with Crippen molar-refractivity contribution in [1.29, 1.82) is 0 Å². The van der Waals surface area contributed by atoms with E-state index < -0.39 is 0 Å². The van der Waals surface area contributed by atoms with Crippen molar-refractivity contribution in [3.05, 3.63) is 35.6 Å². The van der Waals surface area contributed by atoms with Crippen molar-refractivity contribution in [2.45, 2.75) is 12.8 Å². The van der Waals surface area contributed by atoms with Gasteiger partial charge in [-0.2, -0.15) is 0 Å². The highest BCUT2D eigenvalue weighted by atomic mass is 19.1. The maximum atomic E-state index is 13.0. The highest BCUT2D eigenvalue weighted by molar-refractivity contribution is 5.86. The molecule has 1 N–H and O–H groups in total. The van der Waals surface area contributed by atoms with Gasteiger partial charge in [-0.05, 0) is 36.5 Å². The van der Waals surface area contributed by atoms with Crippen molar-refractivity contribution in [2.24, 2.45) is 10.9 Å². The second-order valence-electron chi connectivity index (χ2n) is 6.12. The molecule has 1 aromatic carbocycles. The molecule has 126 valence electrons. The third-order valence-electron chi connectivity index (χ3n) is 4.13. The molecule has 1 atom stereocenters. The van der Waals surface area contributed by atoms with Gasteiger partial charge in [0.15, 0.2) is 5.96 Å². The molecule has 1 fully saturated rings. The van der Waals surface area contributed by atoms with E-state index in [1.54, 1.807) is 26.0 Å². The third-order valence-corrected chi connectivity index (χ3v) is 4.13. The molecule has 0 radical (unpaired) electrons. The Morgan fingerprint density at radius 2 is 2.09 bits per heavy atom. The first-order valence-corrected chi connectivity index (χ1v) is 7.89. The van der Waals surface area contributed by atoms with Gasteiger partial charge in [-0.1, -0.05) is 12.1 Å². The van der Waals surface area contributed by atoms with E-state index in [4.69, 9.17) is 0 Å². The summed E-state index contributed by atoms with van der Waals surface area (Å²) in [6.45, 7) is 2.06. The van der Waals surface area contributed by atoms with E-state index >= 15 is 0 Å². The zero-order valence-corrected chi connectivity index (χ0v) is 14.1. The van der Waals surface area contributed by atoms with Crippen LogP contribution in [0, 0.1) is 11.7 Å². The van der Waals surface area contributed by atoms with Gasteiger partial charge in [-0.3, -0.25) is 9.79 Å². The Balaban J connectivity index is 1.85. The van der Waals surface area contributed by atoms with Crippen LogP contribution in [0.1, 0.15) is 12.0 Å². The largest absolute Gasteiger partial charge is 0.347 e. The van der Waals surface area contributed by atoms with Crippen LogP contribution >= 0.6 is 0 Å². The number of nitrogens with one attached hydrogen (secondary N) is 1. The maximum Gasteiger partial charge on any atom is 0.241 e. The van der Waals surface area contributed by atoms with E-state index in [1.165, 1.54) is 12.1 Å². The zero-order chi connectivity index (χ0) is 16.8. The van der Waals surface area contributed by atoms with Gasteiger partial charge < -0.3 is 15.1 Å². The third kappa shape index (κ3) is 4.94. The average molecular weight is 320 g/mol. The molecule has 1 saturated heterocycles. The monoisotopic (exact) mass is 320 g/mol. The van der Waals surface area contributed by atoms with Crippen LogP contribution in [-0.4, -0.2) is 62.4 Å². The number of carbonyl (C=O) groups excluding carboxylic acids is 1. The van der Waals surface area contributed by atoms with Gasteiger partial charge in [0.1, 0.15) is 5.82 Å². The molecule has 1 unspecified atom stereocenters. The van der Waals surface area contributed by atoms with Crippen LogP contribution in [0.5, 0.6) is 0 Å². The van der Waals surface area contributed by atoms with E-state index in [1.807, 2.05) is 12.1 Å². The lowest BCUT2D eigenvalue weighted by Gasteiger charge is -2.22. The number of benzene rings is 1. The number of nitrogens with zero attached hydrogens (tertiary/aromatic N) is 3. The minimum Gasteiger partial charge on any atom is -0.347 e. The first-order valence-electron chi connectivity index (χ1n) is 7.89. The minimum atomic E-state index is -0.197. The molecule has 0 spiro atoms. The molecule has 0 aliphatic carbocycles. The Kier molecular flexibility index (Phi) is 5.96. The molecule has 0 saturated carbocycles. The van der Waals surface area contributed by atoms with E-state index in [9.17, 15) is 9.18 Å². The summed E-state index contributed by atoms with van der Waals surface area (Å²) in [5.41, 5.74) is 1.16. The predicted octanol–water partition coefficient (Wildman–Crippen LogP) is 1.35. The first-order chi connectivity index (χ1) is 11.0. The van der Waals surface area contributed by atoms with Crippen LogP contribution in [-0.2, 0) is 11.2 Å². The summed E-state index contributed by atoms with van der Waals surface area (Å²) in [7, 11) is 5.21. The van der Waals surface area contributed by atoms with E-state index in [2.05, 4.69) is 15.2 Å². The molecule has 5 nitrogen and oxygen atoms in total. The fraction of sp³-hybridized carbons (Fsp3) is 0.529. The van der Waals surface area contributed by atoms with Crippen molar-refractivity contribution in [3.63, 3.8) is 0 Å². The molecule has 0 bridgehead atoms. The van der Waals surface area contributed by atoms with Gasteiger partial charge in [0.05, 0.1) is 6.54 Å². The van der Waals surface area contributed by atoms with E-state index in [0.717, 1.165) is 37.5 Å². The number of hydrogen-bond donors (Lipinski definition) is 1. The summed E-state index contributed by atoms with van der Waals surface area (Å²) in [5, 5.41) is 3.12. The van der Waals surface area contributed by atoms with Crippen molar-refractivity contribution in [1.82, 2.24) is 15.1 Å². The topological polar surface area (TPSA) is 47.9 Å². The second-order valence-corrected chi connectivity index (χ2v) is 6.12. The normalized spacial score (nSPS) is 18.2. The number of guanidine groups is 1. The SMILES string of the molecule is CN=C(NCC(=O)N(C)C)N1CCC(Cc2ccc(F)cc2)C1. The summed E-state index contributed by atoms with van der Waals surface area (Å²) < 4.78 is 13.0. The van der Waals surface area contributed by atoms with Crippen LogP contribution in [0.15, 0.2) is 29.3 Å². The number of carbonyl (C=O) groups is 1. The average Bonchev–Trinajstić information content (AvgIpc) is 2.98. The number of halogens is 1. The summed E-state index contributed by atoms with van der Waals surface area (Å²) in [6.07, 6.45) is 2.00. The minimum absolute atomic E-state index is 0.0215. The van der Waals surface area contributed by atoms with Crippen LogP contribution in [0.2, 0.25) is 0 Å². The van der Waals surface area contributed by atoms with Crippen molar-refractivity contribution in [2.75, 3.05) is 40.8 Å². The van der Waals surface area contributed by atoms with Gasteiger partial charge in [0, 0.05) is 34.2 Å². The number of likely N-dealkylation sites (tertiary alicyclic amines) is 1. The number of aliphatic imine (C=N–C) groups is 1. The Labute approximate surface area is 137 Å². The molecule has 1 aliphatic rings. The van der Waals surface area contributed by atoms with E-state index in [-0.39, 0.29) is 18.3 Å². The Bertz CT molecular complexity index is 556. The van der Waals surface area contributed by atoms with Crippen LogP contribution in [0.25, 0.3) is 0 Å². The lowest BCUT2D eigenvalue weighted by Crippen LogP contribution is -2.44. The predicted molar refractivity (Wildman–Crippen MR) is 89.8 cm³/mol. The Morgan fingerprint density at radius 3 is 2.70 bits per heavy atom. The Morgan fingerprint density at radius 1 is 1.39 bits per heavy atom. The highest BCUT2D eigenvalue weighted by Crippen LogP contribution is 2.21. The standard InChI is InChI=1S/C17H25FN4O/c1-19-17(20-11-16(23)21(2)3)22-9-8-14(12-22)10-13-4-6-15(18)7-5-13/h4-7,14H,8-12H2,1-3H3,(H,19,20). The summed E-state index contributed by atoms with van der Waals surface area (Å²) in [5.74, 6) is 1.11. The summed E-state index contributed by atoms with van der Waals surface area (Å²) in [4.78, 5) is 19.7. The van der Waals surface area contributed by atoms with Crippen molar-refractivity contribution in [3.8, 4) is 0 Å². The number of amides is 1. The van der Waals surface area contributed by atoms with Crippen molar-refractivity contribution < 1.29 is 9.18 Å². The molecule has 1 heterocycles. The van der Waals surface area contributed by atoms with Crippen LogP contribution in [0.4, 0.5) is 4.39 Å². The van der Waals surface area contributed by atoms with E-state index in [0.29, 0.717) is 5.92 Å². The lowest BCUT2D eigenvalue weighted by molar-refractivity contribution is -0.127. The second kappa shape index (κ2) is 7.94.